The molecule has 0 aliphatic carbocycles. The normalized spacial score (nSPS) is 15.0. The number of aliphatic hydroxyl groups is 1. The topological polar surface area (TPSA) is 69.6 Å². The number of carbonyl (C=O) groups is 2. The minimum atomic E-state index is -0.0994. The van der Waals surface area contributed by atoms with Gasteiger partial charge >= 0.3 is 0 Å². The zero-order valence-corrected chi connectivity index (χ0v) is 14.0. The number of anilines is 1. The molecular weight excluding hydrogens is 316 g/mol. The quantitative estimate of drug-likeness (QED) is 0.900. The van der Waals surface area contributed by atoms with Crippen molar-refractivity contribution in [2.24, 2.45) is 5.92 Å². The third-order valence-electron chi connectivity index (χ3n) is 4.55. The van der Waals surface area contributed by atoms with Gasteiger partial charge < -0.3 is 15.3 Å². The molecule has 0 saturated carbocycles. The van der Waals surface area contributed by atoms with Gasteiger partial charge in [-0.3, -0.25) is 9.59 Å². The molecule has 2 aromatic rings. The minimum absolute atomic E-state index is 0.0232. The monoisotopic (exact) mass is 338 g/mol. The Morgan fingerprint density at radius 1 is 1.04 bits per heavy atom. The van der Waals surface area contributed by atoms with Gasteiger partial charge in [0.05, 0.1) is 6.61 Å². The second kappa shape index (κ2) is 7.94. The molecule has 1 aliphatic heterocycles. The number of benzene rings is 2. The molecule has 5 nitrogen and oxygen atoms in total. The molecule has 0 atom stereocenters. The highest BCUT2D eigenvalue weighted by molar-refractivity contribution is 5.95. The molecule has 2 aromatic carbocycles. The number of likely N-dealkylation sites (tertiary alicyclic amines) is 1. The van der Waals surface area contributed by atoms with Crippen LogP contribution >= 0.6 is 0 Å². The summed E-state index contributed by atoms with van der Waals surface area (Å²) in [5.41, 5.74) is 2.15. The summed E-state index contributed by atoms with van der Waals surface area (Å²) in [5.74, 6) is -0.102. The first-order valence-corrected chi connectivity index (χ1v) is 8.52. The highest BCUT2D eigenvalue weighted by Crippen LogP contribution is 2.21. The Morgan fingerprint density at radius 3 is 2.44 bits per heavy atom. The van der Waals surface area contributed by atoms with Gasteiger partial charge in [0.1, 0.15) is 0 Å². The Bertz CT molecular complexity index is 738. The van der Waals surface area contributed by atoms with Gasteiger partial charge in [-0.1, -0.05) is 30.3 Å². The summed E-state index contributed by atoms with van der Waals surface area (Å²) in [6.45, 7) is 1.12. The summed E-state index contributed by atoms with van der Waals surface area (Å²) in [7, 11) is 0. The Hall–Kier alpha value is -2.66. The van der Waals surface area contributed by atoms with Crippen LogP contribution in [0.15, 0.2) is 54.6 Å². The van der Waals surface area contributed by atoms with Crippen molar-refractivity contribution in [2.45, 2.75) is 19.4 Å². The minimum Gasteiger partial charge on any atom is -0.392 e. The van der Waals surface area contributed by atoms with Crippen molar-refractivity contribution in [3.63, 3.8) is 0 Å². The highest BCUT2D eigenvalue weighted by atomic mass is 16.3. The second-order valence-corrected chi connectivity index (χ2v) is 6.28. The van der Waals surface area contributed by atoms with Crippen LogP contribution in [0.25, 0.3) is 0 Å². The standard InChI is InChI=1S/C20H22N2O3/c23-14-15-5-4-8-18(13-15)21-19(24)16-9-11-22(12-10-16)20(25)17-6-2-1-3-7-17/h1-8,13,16,23H,9-12,14H2,(H,21,24). The first kappa shape index (κ1) is 17.2. The smallest absolute Gasteiger partial charge is 0.253 e. The lowest BCUT2D eigenvalue weighted by Gasteiger charge is -2.31. The largest absolute Gasteiger partial charge is 0.392 e. The SMILES string of the molecule is O=C(Nc1cccc(CO)c1)C1CCN(C(=O)c2ccccc2)CC1. The van der Waals surface area contributed by atoms with Crippen LogP contribution in [0.1, 0.15) is 28.8 Å². The maximum atomic E-state index is 12.4. The number of nitrogens with one attached hydrogen (secondary N) is 1. The molecule has 0 aromatic heterocycles. The number of carbonyl (C=O) groups excluding carboxylic acids is 2. The summed E-state index contributed by atoms with van der Waals surface area (Å²) in [5, 5.41) is 12.1. The number of piperidine rings is 1. The Kier molecular flexibility index (Phi) is 5.46. The van der Waals surface area contributed by atoms with E-state index in [0.717, 1.165) is 5.56 Å². The van der Waals surface area contributed by atoms with Gasteiger partial charge in [-0.05, 0) is 42.7 Å². The lowest BCUT2D eigenvalue weighted by atomic mass is 9.95. The average molecular weight is 338 g/mol. The van der Waals surface area contributed by atoms with Crippen LogP contribution in [0.2, 0.25) is 0 Å². The third kappa shape index (κ3) is 4.25. The molecule has 3 rings (SSSR count). The predicted molar refractivity (Wildman–Crippen MR) is 96.1 cm³/mol. The van der Waals surface area contributed by atoms with Crippen LogP contribution in [0.4, 0.5) is 5.69 Å². The molecule has 1 aliphatic rings. The molecule has 1 fully saturated rings. The van der Waals surface area contributed by atoms with Crippen LogP contribution in [-0.4, -0.2) is 34.9 Å². The molecule has 0 unspecified atom stereocenters. The van der Waals surface area contributed by atoms with Crippen molar-refractivity contribution in [1.29, 1.82) is 0 Å². The van der Waals surface area contributed by atoms with E-state index < -0.39 is 0 Å². The molecule has 2 N–H and O–H groups in total. The van der Waals surface area contributed by atoms with E-state index in [0.29, 0.717) is 37.2 Å². The Balaban J connectivity index is 1.55. The van der Waals surface area contributed by atoms with Crippen molar-refractivity contribution in [3.05, 3.63) is 65.7 Å². The van der Waals surface area contributed by atoms with Gasteiger partial charge in [0.15, 0.2) is 0 Å². The molecule has 0 bridgehead atoms. The molecule has 25 heavy (non-hydrogen) atoms. The van der Waals surface area contributed by atoms with Crippen LogP contribution < -0.4 is 5.32 Å². The van der Waals surface area contributed by atoms with Crippen LogP contribution in [0.3, 0.4) is 0 Å². The number of nitrogens with zero attached hydrogens (tertiary/aromatic N) is 1. The summed E-state index contributed by atoms with van der Waals surface area (Å²) in [4.78, 5) is 26.7. The number of rotatable bonds is 4. The first-order valence-electron chi connectivity index (χ1n) is 8.52. The molecule has 1 heterocycles. The van der Waals surface area contributed by atoms with Crippen LogP contribution in [0, 0.1) is 5.92 Å². The molecular formula is C20H22N2O3. The fourth-order valence-electron chi connectivity index (χ4n) is 3.10. The van der Waals surface area contributed by atoms with Crippen molar-refractivity contribution in [3.8, 4) is 0 Å². The fourth-order valence-corrected chi connectivity index (χ4v) is 3.10. The third-order valence-corrected chi connectivity index (χ3v) is 4.55. The van der Waals surface area contributed by atoms with E-state index in [1.54, 1.807) is 6.07 Å². The van der Waals surface area contributed by atoms with Crippen molar-refractivity contribution in [1.82, 2.24) is 4.90 Å². The maximum Gasteiger partial charge on any atom is 0.253 e. The van der Waals surface area contributed by atoms with E-state index >= 15 is 0 Å². The summed E-state index contributed by atoms with van der Waals surface area (Å²) in [6, 6.07) is 16.4. The zero-order chi connectivity index (χ0) is 17.6. The maximum absolute atomic E-state index is 12.4. The summed E-state index contributed by atoms with van der Waals surface area (Å²) >= 11 is 0. The molecule has 0 spiro atoms. The number of aliphatic hydroxyl groups excluding tert-OH is 1. The van der Waals surface area contributed by atoms with Crippen molar-refractivity contribution >= 4 is 17.5 Å². The van der Waals surface area contributed by atoms with Gasteiger partial charge in [-0.2, -0.15) is 0 Å². The van der Waals surface area contributed by atoms with E-state index in [1.807, 2.05) is 53.4 Å². The van der Waals surface area contributed by atoms with E-state index in [4.69, 9.17) is 5.11 Å². The fraction of sp³-hybridized carbons (Fsp3) is 0.300. The number of hydrogen-bond donors (Lipinski definition) is 2. The zero-order valence-electron chi connectivity index (χ0n) is 14.0. The Labute approximate surface area is 147 Å². The predicted octanol–water partition coefficient (Wildman–Crippen LogP) is 2.67. The molecule has 2 amide bonds. The van der Waals surface area contributed by atoms with Gasteiger partial charge in [0.25, 0.3) is 5.91 Å². The van der Waals surface area contributed by atoms with Gasteiger partial charge in [0.2, 0.25) is 5.91 Å². The van der Waals surface area contributed by atoms with E-state index in [2.05, 4.69) is 5.32 Å². The van der Waals surface area contributed by atoms with E-state index in [-0.39, 0.29) is 24.3 Å². The molecule has 5 heteroatoms. The molecule has 0 radical (unpaired) electrons. The summed E-state index contributed by atoms with van der Waals surface area (Å²) in [6.07, 6.45) is 1.31. The number of hydrogen-bond acceptors (Lipinski definition) is 3. The van der Waals surface area contributed by atoms with Crippen molar-refractivity contribution in [2.75, 3.05) is 18.4 Å². The van der Waals surface area contributed by atoms with Crippen molar-refractivity contribution < 1.29 is 14.7 Å². The highest BCUT2D eigenvalue weighted by Gasteiger charge is 2.27. The lowest BCUT2D eigenvalue weighted by molar-refractivity contribution is -0.121. The first-order chi connectivity index (χ1) is 12.2. The molecule has 130 valence electrons. The van der Waals surface area contributed by atoms with Crippen LogP contribution in [-0.2, 0) is 11.4 Å². The van der Waals surface area contributed by atoms with Gasteiger partial charge in [-0.25, -0.2) is 0 Å². The van der Waals surface area contributed by atoms with E-state index in [9.17, 15) is 9.59 Å². The van der Waals surface area contributed by atoms with Gasteiger partial charge in [0, 0.05) is 30.3 Å². The Morgan fingerprint density at radius 2 is 1.76 bits per heavy atom. The lowest BCUT2D eigenvalue weighted by Crippen LogP contribution is -2.41. The molecule has 1 saturated heterocycles. The van der Waals surface area contributed by atoms with E-state index in [1.165, 1.54) is 0 Å². The second-order valence-electron chi connectivity index (χ2n) is 6.28. The average Bonchev–Trinajstić information content (AvgIpc) is 2.68. The summed E-state index contributed by atoms with van der Waals surface area (Å²) < 4.78 is 0. The van der Waals surface area contributed by atoms with Crippen LogP contribution in [0.5, 0.6) is 0 Å². The van der Waals surface area contributed by atoms with Gasteiger partial charge in [-0.15, -0.1) is 0 Å². The number of amides is 2.